The Morgan fingerprint density at radius 3 is 2.69 bits per heavy atom. The normalized spacial score (nSPS) is 10.8. The molecule has 2 N–H and O–H groups in total. The second-order valence-corrected chi connectivity index (χ2v) is 3.75. The summed E-state index contributed by atoms with van der Waals surface area (Å²) in [7, 11) is 0.407. The molecule has 0 atom stereocenters. The molecule has 16 heavy (non-hydrogen) atoms. The SMILES string of the molecule is Cc1cc(Cn2cc(B(O)O)cn2)nn1C. The molecule has 0 fully saturated rings. The molecule has 2 rings (SSSR count). The Balaban J connectivity index is 2.14. The Morgan fingerprint density at radius 1 is 1.44 bits per heavy atom. The topological polar surface area (TPSA) is 76.1 Å². The van der Waals surface area contributed by atoms with Crippen LogP contribution in [0.15, 0.2) is 18.5 Å². The zero-order valence-electron chi connectivity index (χ0n) is 9.20. The van der Waals surface area contributed by atoms with Crippen LogP contribution in [0.4, 0.5) is 0 Å². The molecule has 0 aromatic carbocycles. The first kappa shape index (κ1) is 10.9. The molecule has 84 valence electrons. The summed E-state index contributed by atoms with van der Waals surface area (Å²) in [6, 6.07) is 1.97. The van der Waals surface area contributed by atoms with Gasteiger partial charge in [0.2, 0.25) is 0 Å². The monoisotopic (exact) mass is 220 g/mol. The number of aromatic nitrogens is 4. The zero-order chi connectivity index (χ0) is 11.7. The zero-order valence-corrected chi connectivity index (χ0v) is 9.20. The maximum Gasteiger partial charge on any atom is 0.491 e. The van der Waals surface area contributed by atoms with Gasteiger partial charge in [-0.3, -0.25) is 9.36 Å². The van der Waals surface area contributed by atoms with Crippen molar-refractivity contribution in [2.24, 2.45) is 7.05 Å². The first-order valence-electron chi connectivity index (χ1n) is 4.94. The second-order valence-electron chi connectivity index (χ2n) is 3.75. The largest absolute Gasteiger partial charge is 0.491 e. The van der Waals surface area contributed by atoms with Gasteiger partial charge in [-0.05, 0) is 13.0 Å². The van der Waals surface area contributed by atoms with E-state index in [-0.39, 0.29) is 0 Å². The van der Waals surface area contributed by atoms with Crippen LogP contribution in [-0.2, 0) is 13.6 Å². The summed E-state index contributed by atoms with van der Waals surface area (Å²) in [6.07, 6.45) is 3.02. The number of rotatable bonds is 3. The van der Waals surface area contributed by atoms with Crippen LogP contribution in [0.5, 0.6) is 0 Å². The van der Waals surface area contributed by atoms with E-state index < -0.39 is 7.12 Å². The van der Waals surface area contributed by atoms with Gasteiger partial charge in [-0.25, -0.2) is 0 Å². The molecule has 0 spiro atoms. The average molecular weight is 220 g/mol. The average Bonchev–Trinajstić information content (AvgIpc) is 2.76. The van der Waals surface area contributed by atoms with Crippen LogP contribution in [0.3, 0.4) is 0 Å². The smallest absolute Gasteiger partial charge is 0.423 e. The number of hydrogen-bond acceptors (Lipinski definition) is 4. The summed E-state index contributed by atoms with van der Waals surface area (Å²) < 4.78 is 3.41. The lowest BCUT2D eigenvalue weighted by atomic mass is 9.83. The van der Waals surface area contributed by atoms with Gasteiger partial charge in [0.1, 0.15) is 0 Å². The van der Waals surface area contributed by atoms with Crippen molar-refractivity contribution in [2.45, 2.75) is 13.5 Å². The van der Waals surface area contributed by atoms with Gasteiger partial charge in [0.25, 0.3) is 0 Å². The van der Waals surface area contributed by atoms with E-state index in [4.69, 9.17) is 10.0 Å². The molecule has 0 amide bonds. The standard InChI is InChI=1S/C9H13BN4O2/c1-7-3-9(12-13(7)2)6-14-5-8(4-11-14)10(15)16/h3-5,15-16H,6H2,1-2H3. The van der Waals surface area contributed by atoms with E-state index in [1.807, 2.05) is 20.0 Å². The minimum Gasteiger partial charge on any atom is -0.423 e. The molecule has 0 unspecified atom stereocenters. The molecule has 0 aliphatic rings. The Hall–Kier alpha value is -1.60. The highest BCUT2D eigenvalue weighted by atomic mass is 16.4. The van der Waals surface area contributed by atoms with Gasteiger partial charge in [-0.2, -0.15) is 10.2 Å². The Labute approximate surface area is 93.3 Å². The molecule has 2 heterocycles. The number of hydrogen-bond donors (Lipinski definition) is 2. The lowest BCUT2D eigenvalue weighted by Gasteiger charge is -1.96. The van der Waals surface area contributed by atoms with Crippen molar-refractivity contribution in [3.05, 3.63) is 29.8 Å². The van der Waals surface area contributed by atoms with Crippen molar-refractivity contribution in [3.63, 3.8) is 0 Å². The fourth-order valence-corrected chi connectivity index (χ4v) is 1.48. The third kappa shape index (κ3) is 2.15. The van der Waals surface area contributed by atoms with Crippen molar-refractivity contribution in [3.8, 4) is 0 Å². The number of aryl methyl sites for hydroxylation is 2. The first-order chi connectivity index (χ1) is 7.56. The van der Waals surface area contributed by atoms with Gasteiger partial charge in [0, 0.05) is 30.6 Å². The van der Waals surface area contributed by atoms with Gasteiger partial charge in [-0.1, -0.05) is 0 Å². The first-order valence-corrected chi connectivity index (χ1v) is 4.94. The van der Waals surface area contributed by atoms with Crippen LogP contribution >= 0.6 is 0 Å². The Morgan fingerprint density at radius 2 is 2.19 bits per heavy atom. The van der Waals surface area contributed by atoms with Gasteiger partial charge < -0.3 is 10.0 Å². The summed E-state index contributed by atoms with van der Waals surface area (Å²) in [5, 5.41) is 26.2. The summed E-state index contributed by atoms with van der Waals surface area (Å²) in [5.74, 6) is 0. The van der Waals surface area contributed by atoms with Crippen molar-refractivity contribution in [2.75, 3.05) is 0 Å². The van der Waals surface area contributed by atoms with Crippen molar-refractivity contribution in [1.82, 2.24) is 19.6 Å². The van der Waals surface area contributed by atoms with Crippen LogP contribution in [0, 0.1) is 6.92 Å². The molecule has 0 aliphatic heterocycles. The molecule has 2 aromatic rings. The summed E-state index contributed by atoms with van der Waals surface area (Å²) in [5.41, 5.74) is 2.35. The van der Waals surface area contributed by atoms with Crippen LogP contribution in [0.2, 0.25) is 0 Å². The molecular weight excluding hydrogens is 207 g/mol. The Bertz CT molecular complexity index is 472. The van der Waals surface area contributed by atoms with E-state index in [2.05, 4.69) is 10.2 Å². The van der Waals surface area contributed by atoms with Crippen LogP contribution in [0.1, 0.15) is 11.4 Å². The molecule has 7 heteroatoms. The number of nitrogens with zero attached hydrogens (tertiary/aromatic N) is 4. The summed E-state index contributed by atoms with van der Waals surface area (Å²) in [4.78, 5) is 0. The van der Waals surface area contributed by atoms with Gasteiger partial charge in [-0.15, -0.1) is 0 Å². The third-order valence-electron chi connectivity index (χ3n) is 2.44. The maximum absolute atomic E-state index is 8.93. The molecule has 0 saturated heterocycles. The lowest BCUT2D eigenvalue weighted by molar-refractivity contribution is 0.425. The Kier molecular flexibility index (Phi) is 2.80. The van der Waals surface area contributed by atoms with Gasteiger partial charge >= 0.3 is 7.12 Å². The highest BCUT2D eigenvalue weighted by Gasteiger charge is 2.13. The third-order valence-corrected chi connectivity index (χ3v) is 2.44. The molecule has 0 radical (unpaired) electrons. The molecular formula is C9H13BN4O2. The van der Waals surface area contributed by atoms with Crippen molar-refractivity contribution < 1.29 is 10.0 Å². The van der Waals surface area contributed by atoms with Crippen LogP contribution in [-0.4, -0.2) is 36.7 Å². The molecule has 0 saturated carbocycles. The fourth-order valence-electron chi connectivity index (χ4n) is 1.48. The van der Waals surface area contributed by atoms with Gasteiger partial charge in [0.05, 0.1) is 12.2 Å². The molecule has 0 aliphatic carbocycles. The highest BCUT2D eigenvalue weighted by Crippen LogP contribution is 2.02. The van der Waals surface area contributed by atoms with Crippen molar-refractivity contribution >= 4 is 12.6 Å². The second kappa shape index (κ2) is 4.11. The van der Waals surface area contributed by atoms with E-state index in [0.717, 1.165) is 11.4 Å². The minimum absolute atomic E-state index is 0.382. The van der Waals surface area contributed by atoms with E-state index in [1.54, 1.807) is 15.6 Å². The molecule has 0 bridgehead atoms. The van der Waals surface area contributed by atoms with E-state index in [1.165, 1.54) is 6.20 Å². The van der Waals surface area contributed by atoms with Crippen LogP contribution in [0.25, 0.3) is 0 Å². The molecule has 6 nitrogen and oxygen atoms in total. The van der Waals surface area contributed by atoms with E-state index in [9.17, 15) is 0 Å². The minimum atomic E-state index is -1.47. The van der Waals surface area contributed by atoms with Gasteiger partial charge in [0.15, 0.2) is 0 Å². The molecule has 2 aromatic heterocycles. The maximum atomic E-state index is 8.93. The predicted molar refractivity (Wildman–Crippen MR) is 59.1 cm³/mol. The quantitative estimate of drug-likeness (QED) is 0.627. The fraction of sp³-hybridized carbons (Fsp3) is 0.333. The highest BCUT2D eigenvalue weighted by molar-refractivity contribution is 6.58. The van der Waals surface area contributed by atoms with E-state index in [0.29, 0.717) is 12.0 Å². The van der Waals surface area contributed by atoms with E-state index >= 15 is 0 Å². The summed E-state index contributed by atoms with van der Waals surface area (Å²) in [6.45, 7) is 2.50. The van der Waals surface area contributed by atoms with Crippen LogP contribution < -0.4 is 5.46 Å². The van der Waals surface area contributed by atoms with Crippen molar-refractivity contribution in [1.29, 1.82) is 0 Å². The lowest BCUT2D eigenvalue weighted by Crippen LogP contribution is -2.28. The summed E-state index contributed by atoms with van der Waals surface area (Å²) >= 11 is 0. The predicted octanol–water partition coefficient (Wildman–Crippen LogP) is -1.35.